The van der Waals surface area contributed by atoms with Crippen molar-refractivity contribution in [3.63, 3.8) is 0 Å². The van der Waals surface area contributed by atoms with Gasteiger partial charge < -0.3 is 10.2 Å². The Balaban J connectivity index is 2.58. The maximum absolute atomic E-state index is 10.7. The van der Waals surface area contributed by atoms with E-state index < -0.39 is 0 Å². The highest BCUT2D eigenvalue weighted by molar-refractivity contribution is 7.80. The molecular weight excluding hydrogens is 136 g/mol. The zero-order chi connectivity index (χ0) is 6.85. The third-order valence-electron chi connectivity index (χ3n) is 1.25. The number of nitrogens with one attached hydrogen (secondary N) is 1. The molecule has 0 aliphatic carbocycles. The summed E-state index contributed by atoms with van der Waals surface area (Å²) in [5.74, 6) is 0. The van der Waals surface area contributed by atoms with Gasteiger partial charge in [-0.15, -0.1) is 0 Å². The second kappa shape index (κ2) is 2.31. The maximum Gasteiger partial charge on any atom is 0.322 e. The fraction of sp³-hybridized carbons (Fsp3) is 0.600. The van der Waals surface area contributed by atoms with Crippen molar-refractivity contribution in [2.24, 2.45) is 0 Å². The Bertz CT molecular complexity index is 157. The normalized spacial score (nSPS) is 18.6. The number of carbonyl (C=O) groups excluding carboxylic acids is 1. The lowest BCUT2D eigenvalue weighted by Gasteiger charge is -2.07. The van der Waals surface area contributed by atoms with Crippen molar-refractivity contribution in [2.45, 2.75) is 6.92 Å². The topological polar surface area (TPSA) is 32.3 Å². The van der Waals surface area contributed by atoms with Crippen molar-refractivity contribution in [1.82, 2.24) is 10.2 Å². The Morgan fingerprint density at radius 3 is 2.78 bits per heavy atom. The molecule has 0 aromatic rings. The van der Waals surface area contributed by atoms with Gasteiger partial charge in [-0.2, -0.15) is 0 Å². The van der Waals surface area contributed by atoms with Crippen LogP contribution in [0, 0.1) is 0 Å². The first-order chi connectivity index (χ1) is 4.24. The third kappa shape index (κ3) is 1.18. The lowest BCUT2D eigenvalue weighted by molar-refractivity contribution is 0.219. The Labute approximate surface area is 59.0 Å². The van der Waals surface area contributed by atoms with Crippen LogP contribution >= 0.6 is 12.2 Å². The van der Waals surface area contributed by atoms with Gasteiger partial charge in [-0.1, -0.05) is 12.2 Å². The van der Waals surface area contributed by atoms with E-state index in [1.54, 1.807) is 4.90 Å². The second-order valence-corrected chi connectivity index (χ2v) is 2.36. The van der Waals surface area contributed by atoms with Crippen LogP contribution in [0.15, 0.2) is 0 Å². The van der Waals surface area contributed by atoms with Crippen LogP contribution in [0.25, 0.3) is 0 Å². The molecule has 0 aromatic carbocycles. The number of hydrogen-bond acceptors (Lipinski definition) is 2. The van der Waals surface area contributed by atoms with Gasteiger partial charge in [0, 0.05) is 6.54 Å². The van der Waals surface area contributed by atoms with Crippen LogP contribution in [-0.4, -0.2) is 29.0 Å². The number of urea groups is 1. The Kier molecular flexibility index (Phi) is 1.66. The average Bonchev–Trinajstić information content (AvgIpc) is 2.10. The second-order valence-electron chi connectivity index (χ2n) is 1.87. The Hall–Kier alpha value is -0.640. The first-order valence-corrected chi connectivity index (χ1v) is 3.23. The first-order valence-electron chi connectivity index (χ1n) is 2.82. The largest absolute Gasteiger partial charge is 0.322 e. The highest BCUT2D eigenvalue weighted by Gasteiger charge is 2.21. The number of carbonyl (C=O) groups is 1. The van der Waals surface area contributed by atoms with E-state index in [1.165, 1.54) is 0 Å². The number of hydrogen-bond donors (Lipinski definition) is 1. The summed E-state index contributed by atoms with van der Waals surface area (Å²) in [6, 6.07) is -0.0671. The summed E-state index contributed by atoms with van der Waals surface area (Å²) in [5.41, 5.74) is 0. The Morgan fingerprint density at radius 2 is 2.56 bits per heavy atom. The molecule has 1 N–H and O–H groups in total. The minimum absolute atomic E-state index is 0.0671. The van der Waals surface area contributed by atoms with Gasteiger partial charge in [0.15, 0.2) is 0 Å². The van der Waals surface area contributed by atoms with E-state index in [2.05, 4.69) is 5.32 Å². The highest BCUT2D eigenvalue weighted by Crippen LogP contribution is 1.96. The molecule has 4 heteroatoms. The molecule has 0 unspecified atom stereocenters. The number of thiocarbonyl (C=S) groups is 1. The third-order valence-corrected chi connectivity index (χ3v) is 1.48. The van der Waals surface area contributed by atoms with E-state index in [0.717, 1.165) is 6.54 Å². The lowest BCUT2D eigenvalue weighted by atomic mass is 10.6. The van der Waals surface area contributed by atoms with E-state index in [9.17, 15) is 4.79 Å². The predicted molar refractivity (Wildman–Crippen MR) is 38.4 cm³/mol. The van der Waals surface area contributed by atoms with Crippen LogP contribution < -0.4 is 5.32 Å². The van der Waals surface area contributed by atoms with Gasteiger partial charge in [-0.25, -0.2) is 4.79 Å². The van der Waals surface area contributed by atoms with Gasteiger partial charge in [0.1, 0.15) is 4.99 Å². The van der Waals surface area contributed by atoms with E-state index in [0.29, 0.717) is 11.5 Å². The maximum atomic E-state index is 10.7. The van der Waals surface area contributed by atoms with Crippen LogP contribution in [0.1, 0.15) is 6.92 Å². The summed E-state index contributed by atoms with van der Waals surface area (Å²) in [6.45, 7) is 3.24. The molecule has 0 atom stereocenters. The Morgan fingerprint density at radius 1 is 1.89 bits per heavy atom. The SMILES string of the molecule is CCN1CC(=S)NC1=O. The van der Waals surface area contributed by atoms with E-state index in [1.807, 2.05) is 6.92 Å². The van der Waals surface area contributed by atoms with Crippen LogP contribution in [-0.2, 0) is 0 Å². The molecule has 9 heavy (non-hydrogen) atoms. The van der Waals surface area contributed by atoms with Crippen molar-refractivity contribution < 1.29 is 4.79 Å². The molecule has 1 aliphatic heterocycles. The van der Waals surface area contributed by atoms with E-state index in [4.69, 9.17) is 12.2 Å². The number of likely N-dealkylation sites (N-methyl/N-ethyl adjacent to an activating group) is 1. The van der Waals surface area contributed by atoms with Gasteiger partial charge in [-0.05, 0) is 6.92 Å². The highest BCUT2D eigenvalue weighted by atomic mass is 32.1. The molecule has 0 radical (unpaired) electrons. The minimum atomic E-state index is -0.0671. The van der Waals surface area contributed by atoms with Crippen molar-refractivity contribution in [3.8, 4) is 0 Å². The van der Waals surface area contributed by atoms with Gasteiger partial charge >= 0.3 is 6.03 Å². The predicted octanol–water partition coefficient (Wildman–Crippen LogP) is 0.359. The first kappa shape index (κ1) is 6.48. The number of nitrogens with zero attached hydrogens (tertiary/aromatic N) is 1. The molecule has 0 saturated carbocycles. The number of amides is 2. The summed E-state index contributed by atoms with van der Waals surface area (Å²) in [5, 5.41) is 2.54. The molecule has 0 bridgehead atoms. The van der Waals surface area contributed by atoms with Gasteiger partial charge in [0.2, 0.25) is 0 Å². The van der Waals surface area contributed by atoms with Crippen LogP contribution in [0.2, 0.25) is 0 Å². The van der Waals surface area contributed by atoms with Crippen LogP contribution in [0.5, 0.6) is 0 Å². The van der Waals surface area contributed by atoms with Crippen LogP contribution in [0.3, 0.4) is 0 Å². The molecule has 1 aliphatic rings. The van der Waals surface area contributed by atoms with Gasteiger partial charge in [0.25, 0.3) is 0 Å². The molecule has 1 heterocycles. The minimum Gasteiger partial charge on any atom is -0.318 e. The standard InChI is InChI=1S/C5H8N2OS/c1-2-7-3-4(9)6-5(7)8/h2-3H2,1H3,(H,6,8,9). The van der Waals surface area contributed by atoms with Crippen LogP contribution in [0.4, 0.5) is 4.79 Å². The molecular formula is C5H8N2OS. The quantitative estimate of drug-likeness (QED) is 0.539. The fourth-order valence-corrected chi connectivity index (χ4v) is 0.982. The average molecular weight is 144 g/mol. The number of rotatable bonds is 1. The summed E-state index contributed by atoms with van der Waals surface area (Å²) in [7, 11) is 0. The molecule has 3 nitrogen and oxygen atoms in total. The van der Waals surface area contributed by atoms with E-state index in [-0.39, 0.29) is 6.03 Å². The van der Waals surface area contributed by atoms with Crippen molar-refractivity contribution in [1.29, 1.82) is 0 Å². The van der Waals surface area contributed by atoms with Crippen molar-refractivity contribution in [2.75, 3.05) is 13.1 Å². The molecule has 0 spiro atoms. The molecule has 50 valence electrons. The smallest absolute Gasteiger partial charge is 0.318 e. The molecule has 1 rings (SSSR count). The molecule has 2 amide bonds. The van der Waals surface area contributed by atoms with Gasteiger partial charge in [0.05, 0.1) is 6.54 Å². The van der Waals surface area contributed by atoms with Gasteiger partial charge in [-0.3, -0.25) is 0 Å². The monoisotopic (exact) mass is 144 g/mol. The summed E-state index contributed by atoms with van der Waals surface area (Å²) < 4.78 is 0. The summed E-state index contributed by atoms with van der Waals surface area (Å²) >= 11 is 4.77. The van der Waals surface area contributed by atoms with Crippen molar-refractivity contribution in [3.05, 3.63) is 0 Å². The lowest BCUT2D eigenvalue weighted by Crippen LogP contribution is -2.27. The molecule has 1 saturated heterocycles. The summed E-state index contributed by atoms with van der Waals surface area (Å²) in [4.78, 5) is 13.0. The zero-order valence-electron chi connectivity index (χ0n) is 5.18. The fourth-order valence-electron chi connectivity index (χ4n) is 0.738. The van der Waals surface area contributed by atoms with E-state index >= 15 is 0 Å². The molecule has 0 aromatic heterocycles. The zero-order valence-corrected chi connectivity index (χ0v) is 5.99. The summed E-state index contributed by atoms with van der Waals surface area (Å²) in [6.07, 6.45) is 0. The van der Waals surface area contributed by atoms with Crippen molar-refractivity contribution >= 4 is 23.2 Å². The molecule has 1 fully saturated rings.